The number of phenols is 1. The quantitative estimate of drug-likeness (QED) is 0.613. The Balaban J connectivity index is 2.89. The maximum Gasteiger partial charge on any atom is 0.339 e. The van der Waals surface area contributed by atoms with E-state index in [2.05, 4.69) is 4.74 Å². The van der Waals surface area contributed by atoms with Crippen LogP contribution in [0.15, 0.2) is 24.3 Å². The maximum atomic E-state index is 11.0. The molecule has 0 aromatic heterocycles. The summed E-state index contributed by atoms with van der Waals surface area (Å²) in [7, 11) is 0. The lowest BCUT2D eigenvalue weighted by atomic mass is 10.1. The molecule has 0 radical (unpaired) electrons. The normalized spacial score (nSPS) is 10.4. The summed E-state index contributed by atoms with van der Waals surface area (Å²) in [6.45, 7) is 1.97. The number of benzene rings is 1. The molecule has 0 amide bonds. The number of carbonyl (C=O) groups is 2. The van der Waals surface area contributed by atoms with Crippen LogP contribution >= 0.6 is 0 Å². The van der Waals surface area contributed by atoms with Crippen molar-refractivity contribution in [2.45, 2.75) is 6.92 Å². The van der Waals surface area contributed by atoms with E-state index < -0.39 is 11.9 Å². The van der Waals surface area contributed by atoms with E-state index >= 15 is 0 Å². The van der Waals surface area contributed by atoms with E-state index in [0.717, 1.165) is 0 Å². The smallest absolute Gasteiger partial charge is 0.339 e. The minimum absolute atomic E-state index is 0.212. The minimum atomic E-state index is -1.23. The zero-order valence-electron chi connectivity index (χ0n) is 9.21. The van der Waals surface area contributed by atoms with Gasteiger partial charge in [0.1, 0.15) is 11.3 Å². The van der Waals surface area contributed by atoms with Gasteiger partial charge < -0.3 is 14.9 Å². The molecule has 1 rings (SSSR count). The van der Waals surface area contributed by atoms with Crippen molar-refractivity contribution >= 4 is 18.0 Å². The molecule has 0 atom stereocenters. The highest BCUT2D eigenvalue weighted by Crippen LogP contribution is 2.19. The van der Waals surface area contributed by atoms with E-state index in [0.29, 0.717) is 5.56 Å². The number of carboxylic acids is 1. The molecule has 1 aromatic rings. The standard InChI is InChI=1S/C12H12O5/c1-2-17-11(14)6-4-8-3-5-10(13)9(7-8)12(15)16/h3-7,13H,2H2,1H3,(H,15,16). The average Bonchev–Trinajstić information content (AvgIpc) is 2.28. The summed E-state index contributed by atoms with van der Waals surface area (Å²) >= 11 is 0. The van der Waals surface area contributed by atoms with Crippen LogP contribution in [0, 0.1) is 0 Å². The lowest BCUT2D eigenvalue weighted by Gasteiger charge is -2.00. The highest BCUT2D eigenvalue weighted by Gasteiger charge is 2.09. The molecular formula is C12H12O5. The molecule has 5 heteroatoms. The van der Waals surface area contributed by atoms with Crippen LogP contribution in [0.4, 0.5) is 0 Å². The van der Waals surface area contributed by atoms with Crippen LogP contribution in [0.1, 0.15) is 22.8 Å². The second-order valence-corrected chi connectivity index (χ2v) is 3.17. The predicted octanol–water partition coefficient (Wildman–Crippen LogP) is 1.67. The van der Waals surface area contributed by atoms with E-state index in [-0.39, 0.29) is 17.9 Å². The summed E-state index contributed by atoms with van der Waals surface area (Å²) in [5.41, 5.74) is 0.282. The molecule has 90 valence electrons. The fourth-order valence-corrected chi connectivity index (χ4v) is 1.18. The lowest BCUT2D eigenvalue weighted by molar-refractivity contribution is -0.137. The van der Waals surface area contributed by atoms with Crippen molar-refractivity contribution in [2.24, 2.45) is 0 Å². The maximum absolute atomic E-state index is 11.0. The van der Waals surface area contributed by atoms with Crippen LogP contribution in [0.25, 0.3) is 6.08 Å². The van der Waals surface area contributed by atoms with Crippen molar-refractivity contribution in [3.63, 3.8) is 0 Å². The fourth-order valence-electron chi connectivity index (χ4n) is 1.18. The second-order valence-electron chi connectivity index (χ2n) is 3.17. The predicted molar refractivity (Wildman–Crippen MR) is 60.7 cm³/mol. The van der Waals surface area contributed by atoms with Crippen LogP contribution in [0.2, 0.25) is 0 Å². The van der Waals surface area contributed by atoms with Gasteiger partial charge in [-0.05, 0) is 30.7 Å². The number of carboxylic acid groups (broad SMARTS) is 1. The summed E-state index contributed by atoms with van der Waals surface area (Å²) in [6.07, 6.45) is 2.62. The molecule has 17 heavy (non-hydrogen) atoms. The first-order valence-electron chi connectivity index (χ1n) is 4.95. The molecular weight excluding hydrogens is 224 g/mol. The molecule has 0 bridgehead atoms. The van der Waals surface area contributed by atoms with Gasteiger partial charge in [0.05, 0.1) is 6.61 Å². The average molecular weight is 236 g/mol. The van der Waals surface area contributed by atoms with Crippen molar-refractivity contribution in [1.29, 1.82) is 0 Å². The number of aromatic carboxylic acids is 1. The zero-order valence-corrected chi connectivity index (χ0v) is 9.21. The number of aromatic hydroxyl groups is 1. The first-order chi connectivity index (χ1) is 8.04. The minimum Gasteiger partial charge on any atom is -0.507 e. The Bertz CT molecular complexity index is 462. The summed E-state index contributed by atoms with van der Waals surface area (Å²) in [5.74, 6) is -2.04. The van der Waals surface area contributed by atoms with Crippen LogP contribution in [-0.4, -0.2) is 28.8 Å². The van der Waals surface area contributed by atoms with Gasteiger partial charge in [0, 0.05) is 6.08 Å². The second kappa shape index (κ2) is 5.69. The summed E-state index contributed by atoms with van der Waals surface area (Å²) in [6, 6.07) is 4.03. The Hall–Kier alpha value is -2.30. The van der Waals surface area contributed by atoms with E-state index in [1.54, 1.807) is 6.92 Å². The van der Waals surface area contributed by atoms with Gasteiger partial charge in [-0.1, -0.05) is 6.07 Å². The molecule has 0 aliphatic carbocycles. The van der Waals surface area contributed by atoms with E-state index in [9.17, 15) is 14.7 Å². The van der Waals surface area contributed by atoms with Gasteiger partial charge in [-0.3, -0.25) is 0 Å². The van der Waals surface area contributed by atoms with Crippen molar-refractivity contribution in [1.82, 2.24) is 0 Å². The molecule has 0 heterocycles. The molecule has 0 saturated heterocycles. The topological polar surface area (TPSA) is 83.8 Å². The summed E-state index contributed by atoms with van der Waals surface area (Å²) < 4.78 is 4.67. The number of hydrogen-bond donors (Lipinski definition) is 2. The number of ether oxygens (including phenoxy) is 1. The molecule has 0 aliphatic heterocycles. The van der Waals surface area contributed by atoms with Gasteiger partial charge in [0.2, 0.25) is 0 Å². The summed E-state index contributed by atoms with van der Waals surface area (Å²) in [4.78, 5) is 21.8. The van der Waals surface area contributed by atoms with Crippen LogP contribution in [0.3, 0.4) is 0 Å². The Morgan fingerprint density at radius 3 is 2.71 bits per heavy atom. The number of carbonyl (C=O) groups excluding carboxylic acids is 1. The largest absolute Gasteiger partial charge is 0.507 e. The highest BCUT2D eigenvalue weighted by molar-refractivity contribution is 5.92. The third kappa shape index (κ3) is 3.64. The molecule has 0 spiro atoms. The number of rotatable bonds is 4. The van der Waals surface area contributed by atoms with Crippen molar-refractivity contribution in [2.75, 3.05) is 6.61 Å². The third-order valence-corrected chi connectivity index (χ3v) is 1.95. The van der Waals surface area contributed by atoms with E-state index in [1.165, 1.54) is 30.4 Å². The first kappa shape index (κ1) is 12.8. The van der Waals surface area contributed by atoms with E-state index in [1.807, 2.05) is 0 Å². The zero-order chi connectivity index (χ0) is 12.8. The number of hydrogen-bond acceptors (Lipinski definition) is 4. The fraction of sp³-hybridized carbons (Fsp3) is 0.167. The monoisotopic (exact) mass is 236 g/mol. The van der Waals surface area contributed by atoms with Crippen molar-refractivity contribution in [3.05, 3.63) is 35.4 Å². The van der Waals surface area contributed by atoms with Crippen LogP contribution in [0.5, 0.6) is 5.75 Å². The van der Waals surface area contributed by atoms with Gasteiger partial charge in [0.25, 0.3) is 0 Å². The molecule has 5 nitrogen and oxygen atoms in total. The van der Waals surface area contributed by atoms with Gasteiger partial charge in [0.15, 0.2) is 0 Å². The molecule has 0 saturated carbocycles. The Morgan fingerprint density at radius 1 is 1.41 bits per heavy atom. The van der Waals surface area contributed by atoms with Crippen molar-refractivity contribution in [3.8, 4) is 5.75 Å². The van der Waals surface area contributed by atoms with Gasteiger partial charge in [-0.15, -0.1) is 0 Å². The lowest BCUT2D eigenvalue weighted by Crippen LogP contribution is -1.99. The SMILES string of the molecule is CCOC(=O)C=Cc1ccc(O)c(C(=O)O)c1. The molecule has 0 aliphatic rings. The Morgan fingerprint density at radius 2 is 2.12 bits per heavy atom. The molecule has 2 N–H and O–H groups in total. The molecule has 1 aromatic carbocycles. The molecule has 0 fully saturated rings. The first-order valence-corrected chi connectivity index (χ1v) is 4.95. The van der Waals surface area contributed by atoms with Crippen LogP contribution in [-0.2, 0) is 9.53 Å². The Labute approximate surface area is 98.0 Å². The highest BCUT2D eigenvalue weighted by atomic mass is 16.5. The summed E-state index contributed by atoms with van der Waals surface area (Å²) in [5, 5.41) is 18.0. The van der Waals surface area contributed by atoms with Gasteiger partial charge in [-0.2, -0.15) is 0 Å². The van der Waals surface area contributed by atoms with E-state index in [4.69, 9.17) is 5.11 Å². The van der Waals surface area contributed by atoms with Crippen LogP contribution < -0.4 is 0 Å². The number of esters is 1. The van der Waals surface area contributed by atoms with Gasteiger partial charge in [-0.25, -0.2) is 9.59 Å². The van der Waals surface area contributed by atoms with Crippen molar-refractivity contribution < 1.29 is 24.5 Å². The molecule has 0 unspecified atom stereocenters. The van der Waals surface area contributed by atoms with Gasteiger partial charge >= 0.3 is 11.9 Å². The third-order valence-electron chi connectivity index (χ3n) is 1.95. The Kier molecular flexibility index (Phi) is 4.28.